The van der Waals surface area contributed by atoms with E-state index in [9.17, 15) is 0 Å². The minimum atomic E-state index is 0.669. The van der Waals surface area contributed by atoms with Gasteiger partial charge in [-0.2, -0.15) is 0 Å². The molecule has 0 saturated heterocycles. The van der Waals surface area contributed by atoms with E-state index in [1.165, 1.54) is 29.1 Å². The van der Waals surface area contributed by atoms with Crippen LogP contribution in [0.15, 0.2) is 6.20 Å². The maximum Gasteiger partial charge on any atom is 0.0925 e. The minimum absolute atomic E-state index is 0.669. The monoisotopic (exact) mass is 226 g/mol. The molecule has 1 rings (SSSR count). The summed E-state index contributed by atoms with van der Waals surface area (Å²) < 4.78 is 0. The van der Waals surface area contributed by atoms with E-state index in [1.807, 2.05) is 17.5 Å². The van der Waals surface area contributed by atoms with E-state index in [4.69, 9.17) is 0 Å². The van der Waals surface area contributed by atoms with Crippen LogP contribution in [0.3, 0.4) is 0 Å². The molecule has 0 bridgehead atoms. The minimum Gasteiger partial charge on any atom is -0.309 e. The van der Waals surface area contributed by atoms with Gasteiger partial charge in [-0.25, -0.2) is 4.98 Å². The largest absolute Gasteiger partial charge is 0.309 e. The molecule has 15 heavy (non-hydrogen) atoms. The molecule has 3 heteroatoms. The van der Waals surface area contributed by atoms with Gasteiger partial charge in [0.2, 0.25) is 0 Å². The molecule has 0 amide bonds. The molecular weight excluding hydrogens is 204 g/mol. The Balaban J connectivity index is 2.34. The van der Waals surface area contributed by atoms with E-state index in [2.05, 4.69) is 31.1 Å². The molecule has 2 nitrogen and oxygen atoms in total. The molecule has 1 heterocycles. The first-order chi connectivity index (χ1) is 7.30. The summed E-state index contributed by atoms with van der Waals surface area (Å²) in [5, 5.41) is 4.84. The average Bonchev–Trinajstić information content (AvgIpc) is 2.72. The van der Waals surface area contributed by atoms with E-state index < -0.39 is 0 Å². The van der Waals surface area contributed by atoms with Gasteiger partial charge < -0.3 is 5.32 Å². The van der Waals surface area contributed by atoms with Gasteiger partial charge in [0.25, 0.3) is 0 Å². The van der Waals surface area contributed by atoms with E-state index in [0.29, 0.717) is 6.04 Å². The highest BCUT2D eigenvalue weighted by atomic mass is 32.1. The summed E-state index contributed by atoms with van der Waals surface area (Å²) in [5.74, 6) is 0. The SMILES string of the molecule is CCCC(CC)NCc1cnc(CC)s1. The third-order valence-electron chi connectivity index (χ3n) is 2.60. The van der Waals surface area contributed by atoms with Crippen LogP contribution in [0.5, 0.6) is 0 Å². The number of hydrogen-bond donors (Lipinski definition) is 1. The number of nitrogens with one attached hydrogen (secondary N) is 1. The molecule has 0 aliphatic carbocycles. The predicted octanol–water partition coefficient (Wildman–Crippen LogP) is 3.37. The van der Waals surface area contributed by atoms with Gasteiger partial charge in [0.1, 0.15) is 0 Å². The second kappa shape index (κ2) is 6.96. The van der Waals surface area contributed by atoms with Crippen molar-refractivity contribution >= 4 is 11.3 Å². The van der Waals surface area contributed by atoms with Crippen molar-refractivity contribution in [1.29, 1.82) is 0 Å². The molecule has 0 aliphatic heterocycles. The summed E-state index contributed by atoms with van der Waals surface area (Å²) in [6, 6.07) is 0.669. The first-order valence-electron chi connectivity index (χ1n) is 5.97. The molecule has 0 saturated carbocycles. The van der Waals surface area contributed by atoms with Crippen molar-refractivity contribution in [1.82, 2.24) is 10.3 Å². The normalized spacial score (nSPS) is 13.0. The van der Waals surface area contributed by atoms with Crippen LogP contribution in [0, 0.1) is 0 Å². The predicted molar refractivity (Wildman–Crippen MR) is 67.3 cm³/mol. The zero-order valence-corrected chi connectivity index (χ0v) is 10.9. The maximum atomic E-state index is 4.36. The number of hydrogen-bond acceptors (Lipinski definition) is 3. The van der Waals surface area contributed by atoms with Crippen molar-refractivity contribution in [2.24, 2.45) is 0 Å². The average molecular weight is 226 g/mol. The molecule has 1 N–H and O–H groups in total. The summed E-state index contributed by atoms with van der Waals surface area (Å²) in [5.41, 5.74) is 0. The molecule has 1 unspecified atom stereocenters. The fourth-order valence-electron chi connectivity index (χ4n) is 1.64. The molecule has 0 spiro atoms. The number of aromatic nitrogens is 1. The summed E-state index contributed by atoms with van der Waals surface area (Å²) in [6.45, 7) is 7.63. The van der Waals surface area contributed by atoms with Gasteiger partial charge in [0, 0.05) is 23.7 Å². The Hall–Kier alpha value is -0.410. The highest BCUT2D eigenvalue weighted by Crippen LogP contribution is 2.13. The van der Waals surface area contributed by atoms with Crippen LogP contribution in [0.25, 0.3) is 0 Å². The zero-order chi connectivity index (χ0) is 11.1. The Labute approximate surface area is 97.1 Å². The standard InChI is InChI=1S/C12H22N2S/c1-4-7-10(5-2)13-8-11-9-14-12(6-3)15-11/h9-10,13H,4-8H2,1-3H3. The lowest BCUT2D eigenvalue weighted by Crippen LogP contribution is -2.27. The highest BCUT2D eigenvalue weighted by Gasteiger charge is 2.05. The molecule has 86 valence electrons. The summed E-state index contributed by atoms with van der Waals surface area (Å²) >= 11 is 1.83. The van der Waals surface area contributed by atoms with Crippen LogP contribution >= 0.6 is 11.3 Å². The lowest BCUT2D eigenvalue weighted by atomic mass is 10.1. The smallest absolute Gasteiger partial charge is 0.0925 e. The first kappa shape index (κ1) is 12.7. The number of rotatable bonds is 7. The lowest BCUT2D eigenvalue weighted by Gasteiger charge is -2.14. The summed E-state index contributed by atoms with van der Waals surface area (Å²) in [7, 11) is 0. The fraction of sp³-hybridized carbons (Fsp3) is 0.750. The molecule has 0 fully saturated rings. The molecule has 0 aliphatic rings. The van der Waals surface area contributed by atoms with E-state index in [1.54, 1.807) is 0 Å². The molecule has 1 aromatic heterocycles. The quantitative estimate of drug-likeness (QED) is 0.771. The van der Waals surface area contributed by atoms with Gasteiger partial charge >= 0.3 is 0 Å². The van der Waals surface area contributed by atoms with Crippen molar-refractivity contribution in [3.8, 4) is 0 Å². The highest BCUT2D eigenvalue weighted by molar-refractivity contribution is 7.11. The Morgan fingerprint density at radius 3 is 2.73 bits per heavy atom. The van der Waals surface area contributed by atoms with Crippen LogP contribution in [0.2, 0.25) is 0 Å². The van der Waals surface area contributed by atoms with Crippen LogP contribution < -0.4 is 5.32 Å². The van der Waals surface area contributed by atoms with E-state index >= 15 is 0 Å². The Bertz CT molecular complexity index is 270. The Morgan fingerprint density at radius 2 is 2.20 bits per heavy atom. The zero-order valence-electron chi connectivity index (χ0n) is 10.0. The number of aryl methyl sites for hydroxylation is 1. The van der Waals surface area contributed by atoms with Gasteiger partial charge in [-0.05, 0) is 19.3 Å². The van der Waals surface area contributed by atoms with Crippen molar-refractivity contribution in [3.05, 3.63) is 16.1 Å². The molecular formula is C12H22N2S. The maximum absolute atomic E-state index is 4.36. The van der Waals surface area contributed by atoms with Crippen LogP contribution in [-0.2, 0) is 13.0 Å². The third kappa shape index (κ3) is 4.31. The van der Waals surface area contributed by atoms with Crippen molar-refractivity contribution in [2.75, 3.05) is 0 Å². The van der Waals surface area contributed by atoms with Gasteiger partial charge in [0.05, 0.1) is 5.01 Å². The van der Waals surface area contributed by atoms with Crippen molar-refractivity contribution < 1.29 is 0 Å². The van der Waals surface area contributed by atoms with Gasteiger partial charge in [-0.1, -0.05) is 27.2 Å². The second-order valence-electron chi connectivity index (χ2n) is 3.85. The molecule has 0 radical (unpaired) electrons. The van der Waals surface area contributed by atoms with E-state index in [-0.39, 0.29) is 0 Å². The van der Waals surface area contributed by atoms with Crippen LogP contribution in [0.1, 0.15) is 49.9 Å². The van der Waals surface area contributed by atoms with Gasteiger partial charge in [0.15, 0.2) is 0 Å². The van der Waals surface area contributed by atoms with Crippen LogP contribution in [-0.4, -0.2) is 11.0 Å². The number of nitrogens with zero attached hydrogens (tertiary/aromatic N) is 1. The lowest BCUT2D eigenvalue weighted by molar-refractivity contribution is 0.464. The Morgan fingerprint density at radius 1 is 1.40 bits per heavy atom. The van der Waals surface area contributed by atoms with Crippen molar-refractivity contribution in [3.63, 3.8) is 0 Å². The molecule has 1 aromatic rings. The van der Waals surface area contributed by atoms with Gasteiger partial charge in [-0.15, -0.1) is 11.3 Å². The number of thiazole rings is 1. The topological polar surface area (TPSA) is 24.9 Å². The molecule has 0 aromatic carbocycles. The van der Waals surface area contributed by atoms with Gasteiger partial charge in [-0.3, -0.25) is 0 Å². The van der Waals surface area contributed by atoms with Crippen molar-refractivity contribution in [2.45, 2.75) is 59.0 Å². The molecule has 1 atom stereocenters. The first-order valence-corrected chi connectivity index (χ1v) is 6.78. The van der Waals surface area contributed by atoms with Crippen LogP contribution in [0.4, 0.5) is 0 Å². The summed E-state index contributed by atoms with van der Waals surface area (Å²) in [4.78, 5) is 5.73. The second-order valence-corrected chi connectivity index (χ2v) is 5.05. The fourth-order valence-corrected chi connectivity index (χ4v) is 2.45. The van der Waals surface area contributed by atoms with E-state index in [0.717, 1.165) is 13.0 Å². The third-order valence-corrected chi connectivity index (χ3v) is 3.74. The Kier molecular flexibility index (Phi) is 5.88. The summed E-state index contributed by atoms with van der Waals surface area (Å²) in [6.07, 6.45) is 6.81.